The molecule has 2 amide bonds. The summed E-state index contributed by atoms with van der Waals surface area (Å²) in [5.41, 5.74) is 3.19. The normalized spacial score (nSPS) is 14.0. The molecule has 33 heavy (non-hydrogen) atoms. The Morgan fingerprint density at radius 2 is 1.12 bits per heavy atom. The van der Waals surface area contributed by atoms with Gasteiger partial charge in [-0.1, -0.05) is 0 Å². The lowest BCUT2D eigenvalue weighted by Gasteiger charge is -2.27. The molecule has 0 aromatic carbocycles. The molecule has 0 saturated carbocycles. The molecule has 0 fully saturated rings. The van der Waals surface area contributed by atoms with Crippen molar-refractivity contribution in [3.05, 3.63) is 0 Å². The van der Waals surface area contributed by atoms with Gasteiger partial charge in [0, 0.05) is 0 Å². The molecule has 0 rings (SSSR count). The minimum Gasteiger partial charge on any atom is -0.460 e. The van der Waals surface area contributed by atoms with Crippen molar-refractivity contribution in [1.29, 1.82) is 0 Å². The van der Waals surface area contributed by atoms with E-state index in [-0.39, 0.29) is 0 Å². The van der Waals surface area contributed by atoms with Crippen molar-refractivity contribution < 1.29 is 33.4 Å². The van der Waals surface area contributed by atoms with Gasteiger partial charge in [-0.15, -0.1) is 0 Å². The molecule has 0 aliphatic heterocycles. The van der Waals surface area contributed by atoms with Crippen LogP contribution in [0, 0.1) is 0 Å². The highest BCUT2D eigenvalue weighted by Gasteiger charge is 2.32. The number of amides is 2. The van der Waals surface area contributed by atoms with Crippen LogP contribution in [0.25, 0.3) is 0 Å². The number of rotatable bonds is 10. The molecule has 10 nitrogen and oxygen atoms in total. The quantitative estimate of drug-likeness (QED) is 0.249. The fourth-order valence-electron chi connectivity index (χ4n) is 2.59. The van der Waals surface area contributed by atoms with Gasteiger partial charge >= 0.3 is 23.9 Å². The van der Waals surface area contributed by atoms with E-state index in [4.69, 9.17) is 19.9 Å². The Morgan fingerprint density at radius 1 is 0.697 bits per heavy atom. The number of carbonyl (C=O) groups is 4. The van der Waals surface area contributed by atoms with Crippen LogP contribution in [0.1, 0.15) is 88.0 Å². The van der Waals surface area contributed by atoms with Crippen LogP contribution < -0.4 is 16.4 Å². The zero-order valence-electron chi connectivity index (χ0n) is 21.6. The van der Waals surface area contributed by atoms with Crippen LogP contribution in [-0.2, 0) is 28.6 Å². The Balaban J connectivity index is 5.44. The predicted octanol–water partition coefficient (Wildman–Crippen LogP) is 2.57. The van der Waals surface area contributed by atoms with Gasteiger partial charge in [-0.25, -0.2) is 14.4 Å². The second-order valence-corrected chi connectivity index (χ2v) is 10.9. The van der Waals surface area contributed by atoms with Gasteiger partial charge < -0.3 is 30.6 Å². The molecule has 0 aromatic heterocycles. The fraction of sp³-hybridized carbons (Fsp3) is 0.826. The number of hydrogen-bond donors (Lipinski definition) is 3. The molecule has 192 valence electrons. The monoisotopic (exact) mass is 473 g/mol. The van der Waals surface area contributed by atoms with Crippen LogP contribution in [0.15, 0.2) is 0 Å². The van der Waals surface area contributed by atoms with Crippen molar-refractivity contribution in [3.8, 4) is 0 Å². The van der Waals surface area contributed by atoms with E-state index >= 15 is 0 Å². The molecule has 0 heterocycles. The SMILES string of the molecule is CC(C)(C)OC(=O)CC(NC(=O)NC(CCCCN)C(=O)OC(C)(C)C)C(=O)OC(C)(C)C. The Hall–Kier alpha value is -2.36. The van der Waals surface area contributed by atoms with Crippen molar-refractivity contribution >= 4 is 23.9 Å². The van der Waals surface area contributed by atoms with E-state index in [0.717, 1.165) is 0 Å². The third-order valence-corrected chi connectivity index (χ3v) is 3.73. The minimum absolute atomic E-state index is 0.308. The van der Waals surface area contributed by atoms with Crippen molar-refractivity contribution in [1.82, 2.24) is 10.6 Å². The van der Waals surface area contributed by atoms with Gasteiger partial charge in [0.2, 0.25) is 0 Å². The summed E-state index contributed by atoms with van der Waals surface area (Å²) in [6, 6.07) is -3.06. The number of ether oxygens (including phenoxy) is 3. The first kappa shape index (κ1) is 30.6. The average molecular weight is 474 g/mol. The summed E-state index contributed by atoms with van der Waals surface area (Å²) in [4.78, 5) is 50.2. The summed E-state index contributed by atoms with van der Waals surface area (Å²) in [7, 11) is 0. The zero-order chi connectivity index (χ0) is 26.0. The number of esters is 3. The standard InChI is InChI=1S/C23H43N3O7/c1-21(2,3)31-17(27)14-16(19(29)33-23(7,8)9)26-20(30)25-15(12-10-11-13-24)18(28)32-22(4,5)6/h15-16H,10-14,24H2,1-9H3,(H2,25,26,30). The molecule has 0 spiro atoms. The molecule has 0 saturated heterocycles. The van der Waals surface area contributed by atoms with E-state index in [1.165, 1.54) is 0 Å². The molecule has 10 heteroatoms. The van der Waals surface area contributed by atoms with Gasteiger partial charge in [-0.2, -0.15) is 0 Å². The Labute approximate surface area is 197 Å². The predicted molar refractivity (Wildman–Crippen MR) is 124 cm³/mol. The smallest absolute Gasteiger partial charge is 0.329 e. The zero-order valence-corrected chi connectivity index (χ0v) is 21.6. The lowest BCUT2D eigenvalue weighted by atomic mass is 10.1. The average Bonchev–Trinajstić information content (AvgIpc) is 2.55. The lowest BCUT2D eigenvalue weighted by Crippen LogP contribution is -2.53. The lowest BCUT2D eigenvalue weighted by molar-refractivity contribution is -0.164. The van der Waals surface area contributed by atoms with Gasteiger partial charge in [0.15, 0.2) is 0 Å². The number of carbonyl (C=O) groups excluding carboxylic acids is 4. The van der Waals surface area contributed by atoms with Crippen molar-refractivity contribution in [2.45, 2.75) is 117 Å². The highest BCUT2D eigenvalue weighted by molar-refractivity contribution is 5.89. The summed E-state index contributed by atoms with van der Waals surface area (Å²) in [5, 5.41) is 4.98. The third-order valence-electron chi connectivity index (χ3n) is 3.73. The summed E-state index contributed by atoms with van der Waals surface area (Å²) in [6.45, 7) is 15.7. The van der Waals surface area contributed by atoms with Gasteiger partial charge in [-0.05, 0) is 88.1 Å². The molecule has 4 N–H and O–H groups in total. The Morgan fingerprint density at radius 3 is 1.55 bits per heavy atom. The number of hydrogen-bond acceptors (Lipinski definition) is 8. The molecule has 2 unspecified atom stereocenters. The van der Waals surface area contributed by atoms with E-state index in [1.807, 2.05) is 0 Å². The first-order valence-corrected chi connectivity index (χ1v) is 11.3. The van der Waals surface area contributed by atoms with Crippen molar-refractivity contribution in [2.75, 3.05) is 6.54 Å². The second-order valence-electron chi connectivity index (χ2n) is 10.9. The van der Waals surface area contributed by atoms with Crippen LogP contribution in [0.3, 0.4) is 0 Å². The summed E-state index contributed by atoms with van der Waals surface area (Å²) in [6.07, 6.45) is 1.14. The highest BCUT2D eigenvalue weighted by Crippen LogP contribution is 2.14. The van der Waals surface area contributed by atoms with E-state index in [9.17, 15) is 19.2 Å². The first-order chi connectivity index (χ1) is 14.8. The maximum atomic E-state index is 12.7. The van der Waals surface area contributed by atoms with Gasteiger partial charge in [0.1, 0.15) is 28.9 Å². The molecule has 0 aliphatic rings. The third kappa shape index (κ3) is 16.0. The molecular formula is C23H43N3O7. The van der Waals surface area contributed by atoms with E-state index in [2.05, 4.69) is 10.6 Å². The molecule has 0 aromatic rings. The minimum atomic E-state index is -1.30. The summed E-state index contributed by atoms with van der Waals surface area (Å²) >= 11 is 0. The molecule has 0 bridgehead atoms. The van der Waals surface area contributed by atoms with Gasteiger partial charge in [0.25, 0.3) is 0 Å². The maximum absolute atomic E-state index is 12.7. The molecule has 0 radical (unpaired) electrons. The van der Waals surface area contributed by atoms with Crippen LogP contribution in [0.5, 0.6) is 0 Å². The first-order valence-electron chi connectivity index (χ1n) is 11.3. The van der Waals surface area contributed by atoms with E-state index in [0.29, 0.717) is 25.8 Å². The van der Waals surface area contributed by atoms with Gasteiger partial charge in [0.05, 0.1) is 6.42 Å². The Kier molecular flexibility index (Phi) is 11.9. The molecule has 2 atom stereocenters. The summed E-state index contributed by atoms with van der Waals surface area (Å²) in [5.74, 6) is -2.07. The maximum Gasteiger partial charge on any atom is 0.329 e. The Bertz CT molecular complexity index is 673. The van der Waals surface area contributed by atoms with Crippen molar-refractivity contribution in [3.63, 3.8) is 0 Å². The topological polar surface area (TPSA) is 146 Å². The van der Waals surface area contributed by atoms with Crippen LogP contribution in [0.4, 0.5) is 4.79 Å². The number of nitrogens with two attached hydrogens (primary N) is 1. The van der Waals surface area contributed by atoms with Gasteiger partial charge in [-0.3, -0.25) is 4.79 Å². The number of urea groups is 1. The van der Waals surface area contributed by atoms with Crippen LogP contribution in [-0.4, -0.2) is 59.4 Å². The summed E-state index contributed by atoms with van der Waals surface area (Å²) < 4.78 is 16.0. The largest absolute Gasteiger partial charge is 0.460 e. The number of unbranched alkanes of at least 4 members (excludes halogenated alkanes) is 1. The highest BCUT2D eigenvalue weighted by atomic mass is 16.6. The molecular weight excluding hydrogens is 430 g/mol. The van der Waals surface area contributed by atoms with Crippen LogP contribution >= 0.6 is 0 Å². The van der Waals surface area contributed by atoms with E-state index in [1.54, 1.807) is 62.3 Å². The molecule has 0 aliphatic carbocycles. The van der Waals surface area contributed by atoms with Crippen LogP contribution in [0.2, 0.25) is 0 Å². The fourth-order valence-corrected chi connectivity index (χ4v) is 2.59. The number of nitrogens with one attached hydrogen (secondary N) is 2. The van der Waals surface area contributed by atoms with Crippen molar-refractivity contribution in [2.24, 2.45) is 5.73 Å². The second kappa shape index (κ2) is 12.8. The van der Waals surface area contributed by atoms with E-state index < -0.39 is 59.2 Å².